The zero-order valence-electron chi connectivity index (χ0n) is 10.6. The van der Waals surface area contributed by atoms with E-state index in [1.54, 1.807) is 4.90 Å². The van der Waals surface area contributed by atoms with Gasteiger partial charge in [0.1, 0.15) is 4.32 Å². The lowest BCUT2D eigenvalue weighted by molar-refractivity contribution is -0.122. The van der Waals surface area contributed by atoms with Crippen LogP contribution in [0.3, 0.4) is 0 Å². The van der Waals surface area contributed by atoms with Gasteiger partial charge in [-0.25, -0.2) is 0 Å². The van der Waals surface area contributed by atoms with Gasteiger partial charge in [0.2, 0.25) is 0 Å². The fourth-order valence-corrected chi connectivity index (χ4v) is 3.22. The van der Waals surface area contributed by atoms with Crippen molar-refractivity contribution in [3.05, 3.63) is 64.8 Å². The Bertz CT molecular complexity index is 662. The van der Waals surface area contributed by atoms with E-state index in [9.17, 15) is 4.79 Å². The van der Waals surface area contributed by atoms with Gasteiger partial charge in [-0.05, 0) is 23.8 Å². The summed E-state index contributed by atoms with van der Waals surface area (Å²) in [5.74, 6) is -0.0292. The predicted octanol–water partition coefficient (Wildman–Crippen LogP) is 3.42. The van der Waals surface area contributed by atoms with Crippen LogP contribution in [0.2, 0.25) is 0 Å². The van der Waals surface area contributed by atoms with Crippen molar-refractivity contribution in [1.82, 2.24) is 9.88 Å². The fraction of sp³-hybridized carbons (Fsp3) is 0.0667. The lowest BCUT2D eigenvalue weighted by Gasteiger charge is -2.14. The fourth-order valence-electron chi connectivity index (χ4n) is 1.98. The average Bonchev–Trinajstić information content (AvgIpc) is 3.05. The maximum atomic E-state index is 12.4. The molecule has 0 unspecified atom stereocenters. The minimum atomic E-state index is -0.0292. The van der Waals surface area contributed by atoms with Gasteiger partial charge in [0.25, 0.3) is 5.91 Å². The molecule has 0 spiro atoms. The summed E-state index contributed by atoms with van der Waals surface area (Å²) in [6.07, 6.45) is 3.67. The molecule has 2 heterocycles. The second-order valence-corrected chi connectivity index (χ2v) is 6.05. The summed E-state index contributed by atoms with van der Waals surface area (Å²) in [5.41, 5.74) is 1.98. The maximum absolute atomic E-state index is 12.4. The second kappa shape index (κ2) is 5.64. The van der Waals surface area contributed by atoms with E-state index in [0.29, 0.717) is 15.8 Å². The van der Waals surface area contributed by atoms with Gasteiger partial charge >= 0.3 is 0 Å². The number of H-pyrrole nitrogens is 1. The first-order valence-electron chi connectivity index (χ1n) is 6.17. The van der Waals surface area contributed by atoms with Crippen molar-refractivity contribution in [1.29, 1.82) is 0 Å². The molecule has 20 heavy (non-hydrogen) atoms. The summed E-state index contributed by atoms with van der Waals surface area (Å²) < 4.78 is 0.608. The number of rotatable bonds is 3. The molecule has 0 radical (unpaired) electrons. The maximum Gasteiger partial charge on any atom is 0.266 e. The van der Waals surface area contributed by atoms with Crippen molar-refractivity contribution in [3.8, 4) is 0 Å². The lowest BCUT2D eigenvalue weighted by atomic mass is 10.2. The van der Waals surface area contributed by atoms with E-state index in [1.165, 1.54) is 11.8 Å². The number of hydrogen-bond donors (Lipinski definition) is 1. The molecule has 2 aromatic rings. The quantitative estimate of drug-likeness (QED) is 0.697. The Morgan fingerprint density at radius 2 is 2.00 bits per heavy atom. The van der Waals surface area contributed by atoms with E-state index >= 15 is 0 Å². The number of amides is 1. The molecule has 3 rings (SSSR count). The van der Waals surface area contributed by atoms with Crippen molar-refractivity contribution in [2.24, 2.45) is 0 Å². The number of aromatic nitrogens is 1. The summed E-state index contributed by atoms with van der Waals surface area (Å²) in [6.45, 7) is 0.521. The first-order chi connectivity index (χ1) is 9.74. The summed E-state index contributed by atoms with van der Waals surface area (Å²) >= 11 is 6.65. The monoisotopic (exact) mass is 300 g/mol. The SMILES string of the molecule is O=C1/C(=C/c2ccc[nH]2)SC(=S)N1Cc1ccccc1. The number of thioether (sulfide) groups is 1. The van der Waals surface area contributed by atoms with Gasteiger partial charge in [-0.3, -0.25) is 9.69 Å². The van der Waals surface area contributed by atoms with Crippen molar-refractivity contribution >= 4 is 40.3 Å². The predicted molar refractivity (Wildman–Crippen MR) is 86.0 cm³/mol. The van der Waals surface area contributed by atoms with E-state index in [2.05, 4.69) is 4.98 Å². The van der Waals surface area contributed by atoms with Gasteiger partial charge in [0, 0.05) is 11.9 Å². The van der Waals surface area contributed by atoms with E-state index in [0.717, 1.165) is 11.3 Å². The molecule has 1 aromatic carbocycles. The standard InChI is InChI=1S/C15H12N2OS2/c18-14-13(9-12-7-4-8-16-12)20-15(19)17(14)10-11-5-2-1-3-6-11/h1-9,16H,10H2/b13-9-. The first kappa shape index (κ1) is 13.1. The number of nitrogens with zero attached hydrogens (tertiary/aromatic N) is 1. The highest BCUT2D eigenvalue weighted by Crippen LogP contribution is 2.33. The van der Waals surface area contributed by atoms with Gasteiger partial charge in [-0.2, -0.15) is 0 Å². The zero-order chi connectivity index (χ0) is 13.9. The van der Waals surface area contributed by atoms with Crippen LogP contribution in [0, 0.1) is 0 Å². The minimum absolute atomic E-state index is 0.0292. The summed E-state index contributed by atoms with van der Waals surface area (Å²) in [7, 11) is 0. The Balaban J connectivity index is 1.81. The molecule has 1 N–H and O–H groups in total. The topological polar surface area (TPSA) is 36.1 Å². The van der Waals surface area contributed by atoms with Crippen LogP contribution in [0.5, 0.6) is 0 Å². The minimum Gasteiger partial charge on any atom is -0.362 e. The highest BCUT2D eigenvalue weighted by molar-refractivity contribution is 8.26. The average molecular weight is 300 g/mol. The second-order valence-electron chi connectivity index (χ2n) is 4.38. The lowest BCUT2D eigenvalue weighted by Crippen LogP contribution is -2.27. The Labute approximate surface area is 126 Å². The number of thiocarbonyl (C=S) groups is 1. The molecule has 1 aromatic heterocycles. The Morgan fingerprint density at radius 3 is 2.70 bits per heavy atom. The molecular weight excluding hydrogens is 288 g/mol. The number of hydrogen-bond acceptors (Lipinski definition) is 3. The van der Waals surface area contributed by atoms with Crippen molar-refractivity contribution in [2.45, 2.75) is 6.54 Å². The van der Waals surface area contributed by atoms with Crippen LogP contribution in [0.4, 0.5) is 0 Å². The van der Waals surface area contributed by atoms with Gasteiger partial charge < -0.3 is 4.98 Å². The number of nitrogens with one attached hydrogen (secondary N) is 1. The molecule has 3 nitrogen and oxygen atoms in total. The molecule has 5 heteroatoms. The van der Waals surface area contributed by atoms with Crippen LogP contribution >= 0.6 is 24.0 Å². The van der Waals surface area contributed by atoms with Gasteiger partial charge in [0.15, 0.2) is 0 Å². The Morgan fingerprint density at radius 1 is 1.20 bits per heavy atom. The van der Waals surface area contributed by atoms with Crippen LogP contribution in [-0.4, -0.2) is 20.1 Å². The normalized spacial score (nSPS) is 17.2. The van der Waals surface area contributed by atoms with Crippen molar-refractivity contribution in [2.75, 3.05) is 0 Å². The van der Waals surface area contributed by atoms with Crippen LogP contribution in [-0.2, 0) is 11.3 Å². The van der Waals surface area contributed by atoms with E-state index < -0.39 is 0 Å². The summed E-state index contributed by atoms with van der Waals surface area (Å²) in [4.78, 5) is 17.7. The summed E-state index contributed by atoms with van der Waals surface area (Å²) in [6, 6.07) is 13.7. The third kappa shape index (κ3) is 2.69. The van der Waals surface area contributed by atoms with Gasteiger partial charge in [-0.15, -0.1) is 0 Å². The molecule has 0 saturated carbocycles. The van der Waals surface area contributed by atoms with Gasteiger partial charge in [-0.1, -0.05) is 54.3 Å². The largest absolute Gasteiger partial charge is 0.362 e. The number of carbonyl (C=O) groups excluding carboxylic acids is 1. The molecule has 1 aliphatic heterocycles. The molecule has 1 saturated heterocycles. The molecule has 1 amide bonds. The molecule has 0 aliphatic carbocycles. The number of aromatic amines is 1. The number of benzene rings is 1. The first-order valence-corrected chi connectivity index (χ1v) is 7.39. The van der Waals surface area contributed by atoms with E-state index in [-0.39, 0.29) is 5.91 Å². The zero-order valence-corrected chi connectivity index (χ0v) is 12.2. The van der Waals surface area contributed by atoms with E-state index in [1.807, 2.05) is 54.7 Å². The Kier molecular flexibility index (Phi) is 3.71. The molecule has 1 aliphatic rings. The van der Waals surface area contributed by atoms with Crippen LogP contribution < -0.4 is 0 Å². The highest BCUT2D eigenvalue weighted by Gasteiger charge is 2.31. The third-order valence-electron chi connectivity index (χ3n) is 2.97. The smallest absolute Gasteiger partial charge is 0.266 e. The van der Waals surface area contributed by atoms with Crippen LogP contribution in [0.15, 0.2) is 53.6 Å². The molecule has 0 bridgehead atoms. The summed E-state index contributed by atoms with van der Waals surface area (Å²) in [5, 5.41) is 0. The molecular formula is C15H12N2OS2. The Hall–Kier alpha value is -1.85. The molecule has 0 atom stereocenters. The van der Waals surface area contributed by atoms with Crippen molar-refractivity contribution in [3.63, 3.8) is 0 Å². The van der Waals surface area contributed by atoms with Crippen molar-refractivity contribution < 1.29 is 4.79 Å². The van der Waals surface area contributed by atoms with Gasteiger partial charge in [0.05, 0.1) is 11.4 Å². The van der Waals surface area contributed by atoms with Crippen LogP contribution in [0.1, 0.15) is 11.3 Å². The van der Waals surface area contributed by atoms with E-state index in [4.69, 9.17) is 12.2 Å². The third-order valence-corrected chi connectivity index (χ3v) is 4.34. The number of carbonyl (C=O) groups is 1. The molecule has 1 fully saturated rings. The highest BCUT2D eigenvalue weighted by atomic mass is 32.2. The van der Waals surface area contributed by atoms with Crippen LogP contribution in [0.25, 0.3) is 6.08 Å². The molecule has 100 valence electrons.